The Bertz CT molecular complexity index is 791. The van der Waals surface area contributed by atoms with Crippen LogP contribution in [-0.4, -0.2) is 67.8 Å². The molecule has 12 heteroatoms. The fourth-order valence-electron chi connectivity index (χ4n) is 3.18. The number of carbonyl (C=O) groups excluding carboxylic acids is 1. The van der Waals surface area contributed by atoms with E-state index in [1.807, 2.05) is 4.98 Å². The number of H-pyrrole nitrogens is 1. The Labute approximate surface area is 153 Å². The molecule has 27 heavy (non-hydrogen) atoms. The first-order chi connectivity index (χ1) is 12.6. The molecule has 2 rings (SSSR count). The zero-order chi connectivity index (χ0) is 20.4. The third-order valence-electron chi connectivity index (χ3n) is 4.65. The number of rotatable bonds is 8. The molecular weight excluding hydrogens is 362 g/mol. The van der Waals surface area contributed by atoms with Crippen molar-refractivity contribution < 1.29 is 24.9 Å². The summed E-state index contributed by atoms with van der Waals surface area (Å²) in [4.78, 5) is 38.8. The van der Waals surface area contributed by atoms with E-state index in [1.54, 1.807) is 0 Å². The number of nitrogens with two attached hydrogens (primary N) is 3. The molecule has 0 spiro atoms. The predicted molar refractivity (Wildman–Crippen MR) is 92.3 cm³/mol. The van der Waals surface area contributed by atoms with Gasteiger partial charge >= 0.3 is 5.69 Å². The van der Waals surface area contributed by atoms with E-state index in [4.69, 9.17) is 21.9 Å². The predicted octanol–water partition coefficient (Wildman–Crippen LogP) is -4.39. The van der Waals surface area contributed by atoms with E-state index in [-0.39, 0.29) is 6.42 Å². The van der Waals surface area contributed by atoms with Crippen LogP contribution < -0.4 is 28.5 Å². The second-order valence-electron chi connectivity index (χ2n) is 6.49. The Balaban J connectivity index is 2.61. The number of ether oxygens (including phenoxy) is 1. The molecule has 12 nitrogen and oxygen atoms in total. The molecule has 0 bridgehead atoms. The van der Waals surface area contributed by atoms with Crippen LogP contribution in [0.2, 0.25) is 0 Å². The molecule has 1 saturated heterocycles. The van der Waals surface area contributed by atoms with Crippen molar-refractivity contribution in [3.05, 3.63) is 33.1 Å². The van der Waals surface area contributed by atoms with Crippen LogP contribution in [-0.2, 0) is 15.3 Å². The third-order valence-corrected chi connectivity index (χ3v) is 4.65. The van der Waals surface area contributed by atoms with Crippen molar-refractivity contribution in [2.75, 3.05) is 13.2 Å². The van der Waals surface area contributed by atoms with Crippen molar-refractivity contribution in [3.8, 4) is 0 Å². The highest BCUT2D eigenvalue weighted by atomic mass is 16.6. The van der Waals surface area contributed by atoms with E-state index in [9.17, 15) is 29.7 Å². The number of hydrogen-bond donors (Lipinski definition) is 7. The highest BCUT2D eigenvalue weighted by molar-refractivity contribution is 5.91. The smallest absolute Gasteiger partial charge is 0.331 e. The summed E-state index contributed by atoms with van der Waals surface area (Å²) in [7, 11) is 0. The lowest BCUT2D eigenvalue weighted by Crippen LogP contribution is -2.71. The van der Waals surface area contributed by atoms with Crippen molar-refractivity contribution in [2.24, 2.45) is 17.2 Å². The largest absolute Gasteiger partial charge is 0.394 e. The number of carbonyl (C=O) groups is 1. The summed E-state index contributed by atoms with van der Waals surface area (Å²) in [5.74, 6) is -0.992. The molecule has 1 aliphatic rings. The van der Waals surface area contributed by atoms with Gasteiger partial charge in [0.2, 0.25) is 5.78 Å². The fourth-order valence-corrected chi connectivity index (χ4v) is 3.18. The molecule has 152 valence electrons. The number of ketones is 1. The highest BCUT2D eigenvalue weighted by Gasteiger charge is 2.69. The van der Waals surface area contributed by atoms with Crippen LogP contribution in [0, 0.1) is 0 Å². The summed E-state index contributed by atoms with van der Waals surface area (Å²) in [6, 6.07) is -0.316. The zero-order valence-corrected chi connectivity index (χ0v) is 14.6. The Morgan fingerprint density at radius 2 is 2.07 bits per heavy atom. The Hall–Kier alpha value is -1.93. The van der Waals surface area contributed by atoms with Crippen LogP contribution in [0.15, 0.2) is 21.9 Å². The number of aromatic nitrogens is 2. The third kappa shape index (κ3) is 3.48. The second kappa shape index (κ2) is 7.98. The Morgan fingerprint density at radius 3 is 2.59 bits per heavy atom. The molecule has 10 N–H and O–H groups in total. The second-order valence-corrected chi connectivity index (χ2v) is 6.49. The van der Waals surface area contributed by atoms with E-state index in [1.165, 1.54) is 0 Å². The molecule has 1 aliphatic heterocycles. The van der Waals surface area contributed by atoms with Crippen LogP contribution >= 0.6 is 0 Å². The molecule has 2 heterocycles. The average Bonchev–Trinajstić information content (AvgIpc) is 2.82. The van der Waals surface area contributed by atoms with E-state index < -0.39 is 53.3 Å². The number of Topliss-reactive ketones (excluding diaryl/α,β-unsaturated/α-hetero) is 1. The normalized spacial score (nSPS) is 31.8. The first-order valence-electron chi connectivity index (χ1n) is 8.44. The summed E-state index contributed by atoms with van der Waals surface area (Å²) in [6.07, 6.45) is -1.27. The summed E-state index contributed by atoms with van der Waals surface area (Å²) in [6.45, 7) is -0.412. The van der Waals surface area contributed by atoms with Crippen LogP contribution in [0.1, 0.15) is 19.3 Å². The van der Waals surface area contributed by atoms with Crippen LogP contribution in [0.5, 0.6) is 0 Å². The van der Waals surface area contributed by atoms with Gasteiger partial charge in [0.15, 0.2) is 5.72 Å². The minimum absolute atomic E-state index is 0.148. The monoisotopic (exact) mass is 387 g/mol. The van der Waals surface area contributed by atoms with E-state index >= 15 is 0 Å². The van der Waals surface area contributed by atoms with Gasteiger partial charge in [-0.25, -0.2) is 4.79 Å². The highest BCUT2D eigenvalue weighted by Crippen LogP contribution is 2.41. The number of unbranched alkanes of at least 4 members (excludes halogenated alkanes) is 1. The van der Waals surface area contributed by atoms with Crippen LogP contribution in [0.3, 0.4) is 0 Å². The van der Waals surface area contributed by atoms with Crippen molar-refractivity contribution in [3.63, 3.8) is 0 Å². The number of hydrogen-bond acceptors (Lipinski definition) is 10. The maximum atomic E-state index is 13.2. The van der Waals surface area contributed by atoms with Crippen LogP contribution in [0.4, 0.5) is 0 Å². The quantitative estimate of drug-likeness (QED) is 0.168. The summed E-state index contributed by atoms with van der Waals surface area (Å²) in [5, 5.41) is 30.4. The number of nitrogens with zero attached hydrogens (tertiary/aromatic N) is 1. The average molecular weight is 387 g/mol. The first kappa shape index (κ1) is 21.4. The molecule has 0 aliphatic carbocycles. The topological polar surface area (TPSA) is 220 Å². The van der Waals surface area contributed by atoms with Gasteiger partial charge in [-0.3, -0.25) is 24.9 Å². The molecule has 0 radical (unpaired) electrons. The Morgan fingerprint density at radius 1 is 1.41 bits per heavy atom. The number of aliphatic hydroxyl groups is 3. The standard InChI is InChI=1S/C15H25N5O7/c16-5-2-1-3-8(17)11(23)15(20-6-4-10(22)19-13(20)25)14(18,26)12(24)9(7-21)27-15/h4,6,8-9,12,21,24,26H,1-3,5,7,16-18H2,(H,19,22,25)/t8?,9-,12-,14-,15-/m1/s1. The molecule has 1 aromatic heterocycles. The number of aliphatic hydroxyl groups excluding tert-OH is 2. The van der Waals surface area contributed by atoms with Gasteiger partial charge in [0.05, 0.1) is 12.6 Å². The maximum Gasteiger partial charge on any atom is 0.331 e. The molecule has 0 saturated carbocycles. The summed E-state index contributed by atoms with van der Waals surface area (Å²) < 4.78 is 6.00. The van der Waals surface area contributed by atoms with Gasteiger partial charge in [0, 0.05) is 12.3 Å². The number of aromatic amines is 1. The van der Waals surface area contributed by atoms with Gasteiger partial charge < -0.3 is 31.5 Å². The van der Waals surface area contributed by atoms with Gasteiger partial charge in [-0.1, -0.05) is 6.42 Å². The van der Waals surface area contributed by atoms with Gasteiger partial charge in [-0.15, -0.1) is 0 Å². The van der Waals surface area contributed by atoms with E-state index in [2.05, 4.69) is 0 Å². The molecule has 1 aromatic rings. The molecule has 0 amide bonds. The first-order valence-corrected chi connectivity index (χ1v) is 8.44. The van der Waals surface area contributed by atoms with Crippen LogP contribution in [0.25, 0.3) is 0 Å². The van der Waals surface area contributed by atoms with Crippen molar-refractivity contribution in [2.45, 2.75) is 49.0 Å². The zero-order valence-electron chi connectivity index (χ0n) is 14.6. The van der Waals surface area contributed by atoms with Gasteiger partial charge in [-0.05, 0) is 19.4 Å². The van der Waals surface area contributed by atoms with Crippen molar-refractivity contribution >= 4 is 5.78 Å². The lowest BCUT2D eigenvalue weighted by atomic mass is 9.87. The lowest BCUT2D eigenvalue weighted by Gasteiger charge is -2.39. The minimum Gasteiger partial charge on any atom is -0.394 e. The van der Waals surface area contributed by atoms with Crippen molar-refractivity contribution in [1.29, 1.82) is 0 Å². The SMILES string of the molecule is NCCCCC(N)C(=O)[C@@]1(n2ccc(=O)[nH]c2=O)O[C@H](CO)[C@@H](O)[C@@]1(N)O. The molecule has 5 atom stereocenters. The number of nitrogens with one attached hydrogen (secondary N) is 1. The molecular formula is C15H25N5O7. The molecule has 1 unspecified atom stereocenters. The molecule has 1 fully saturated rings. The van der Waals surface area contributed by atoms with E-state index in [0.29, 0.717) is 24.0 Å². The van der Waals surface area contributed by atoms with E-state index in [0.717, 1.165) is 12.3 Å². The van der Waals surface area contributed by atoms with Gasteiger partial charge in [-0.2, -0.15) is 0 Å². The summed E-state index contributed by atoms with van der Waals surface area (Å²) in [5.41, 5.74) is 9.82. The fraction of sp³-hybridized carbons (Fsp3) is 0.667. The molecule has 0 aromatic carbocycles. The summed E-state index contributed by atoms with van der Waals surface area (Å²) >= 11 is 0. The van der Waals surface area contributed by atoms with Crippen molar-refractivity contribution in [1.82, 2.24) is 9.55 Å². The minimum atomic E-state index is -2.81. The maximum absolute atomic E-state index is 13.2. The van der Waals surface area contributed by atoms with Gasteiger partial charge in [0.1, 0.15) is 12.2 Å². The Kier molecular flexibility index (Phi) is 6.32. The lowest BCUT2D eigenvalue weighted by molar-refractivity contribution is -0.201. The van der Waals surface area contributed by atoms with Gasteiger partial charge in [0.25, 0.3) is 11.3 Å².